The van der Waals surface area contributed by atoms with E-state index < -0.39 is 0 Å². The highest BCUT2D eigenvalue weighted by atomic mass is 16.5. The summed E-state index contributed by atoms with van der Waals surface area (Å²) in [6.45, 7) is 4.10. The molecule has 4 aliphatic carbocycles. The molecule has 0 saturated heterocycles. The summed E-state index contributed by atoms with van der Waals surface area (Å²) < 4.78 is 4.48. The molecular formula is C17H30O2. The van der Waals surface area contributed by atoms with Crippen LogP contribution in [0.1, 0.15) is 65.2 Å². The molecule has 0 spiro atoms. The van der Waals surface area contributed by atoms with Gasteiger partial charge in [0.1, 0.15) is 0 Å². The Bertz CT molecular complexity index is 241. The number of hydrogen-bond acceptors (Lipinski definition) is 2. The molecule has 2 nitrogen and oxygen atoms in total. The number of rotatable bonds is 3. The van der Waals surface area contributed by atoms with Gasteiger partial charge >= 0.3 is 5.97 Å². The van der Waals surface area contributed by atoms with E-state index >= 15 is 0 Å². The molecule has 1 unspecified atom stereocenters. The van der Waals surface area contributed by atoms with Crippen molar-refractivity contribution in [3.8, 4) is 0 Å². The summed E-state index contributed by atoms with van der Waals surface area (Å²) in [6.07, 6.45) is 11.2. The molecule has 4 aliphatic rings. The third-order valence-electron chi connectivity index (χ3n) is 5.44. The summed E-state index contributed by atoms with van der Waals surface area (Å²) >= 11 is 0. The van der Waals surface area contributed by atoms with E-state index in [4.69, 9.17) is 0 Å². The maximum Gasteiger partial charge on any atom is 0.305 e. The number of carbonyl (C=O) groups excluding carboxylic acids is 1. The van der Waals surface area contributed by atoms with Crippen LogP contribution in [0.25, 0.3) is 0 Å². The molecule has 0 aliphatic heterocycles. The first-order valence-electron chi connectivity index (χ1n) is 8.17. The predicted molar refractivity (Wildman–Crippen MR) is 77.8 cm³/mol. The minimum Gasteiger partial charge on any atom is -0.469 e. The van der Waals surface area contributed by atoms with Gasteiger partial charge in [-0.2, -0.15) is 0 Å². The van der Waals surface area contributed by atoms with Crippen LogP contribution in [0.5, 0.6) is 0 Å². The summed E-state index contributed by atoms with van der Waals surface area (Å²) in [7, 11) is 1.42. The van der Waals surface area contributed by atoms with Crippen molar-refractivity contribution in [2.45, 2.75) is 65.2 Å². The van der Waals surface area contributed by atoms with Crippen molar-refractivity contribution in [1.29, 1.82) is 0 Å². The van der Waals surface area contributed by atoms with Crippen LogP contribution in [0, 0.1) is 29.6 Å². The maximum atomic E-state index is 10.6. The average Bonchev–Trinajstić information content (AvgIpc) is 2.37. The second-order valence-electron chi connectivity index (χ2n) is 7.17. The minimum absolute atomic E-state index is 0.107. The highest BCUT2D eigenvalue weighted by molar-refractivity contribution is 5.69. The Balaban J connectivity index is 0.000000142. The highest BCUT2D eigenvalue weighted by Crippen LogP contribution is 2.53. The van der Waals surface area contributed by atoms with Crippen molar-refractivity contribution in [3.05, 3.63) is 0 Å². The summed E-state index contributed by atoms with van der Waals surface area (Å²) in [5, 5.41) is 0. The van der Waals surface area contributed by atoms with Crippen LogP contribution >= 0.6 is 0 Å². The van der Waals surface area contributed by atoms with Crippen LogP contribution in [-0.2, 0) is 9.53 Å². The Morgan fingerprint density at radius 2 is 1.37 bits per heavy atom. The van der Waals surface area contributed by atoms with Crippen LogP contribution in [0.15, 0.2) is 0 Å². The lowest BCUT2D eigenvalue weighted by atomic mass is 9.56. The molecule has 0 N–H and O–H groups in total. The number of hydrogen-bond donors (Lipinski definition) is 0. The molecule has 4 bridgehead atoms. The summed E-state index contributed by atoms with van der Waals surface area (Å²) in [5.74, 6) is 5.06. The molecule has 0 amide bonds. The van der Waals surface area contributed by atoms with E-state index in [1.54, 1.807) is 38.5 Å². The Morgan fingerprint density at radius 1 is 1.00 bits per heavy atom. The van der Waals surface area contributed by atoms with Crippen LogP contribution in [-0.4, -0.2) is 13.1 Å². The van der Waals surface area contributed by atoms with Crippen molar-refractivity contribution in [3.63, 3.8) is 0 Å². The van der Waals surface area contributed by atoms with Gasteiger partial charge in [-0.25, -0.2) is 0 Å². The molecule has 0 heterocycles. The van der Waals surface area contributed by atoms with Gasteiger partial charge in [0.05, 0.1) is 7.11 Å². The Hall–Kier alpha value is -0.530. The van der Waals surface area contributed by atoms with E-state index in [2.05, 4.69) is 11.7 Å². The zero-order chi connectivity index (χ0) is 13.8. The molecule has 4 saturated carbocycles. The molecule has 4 fully saturated rings. The first-order chi connectivity index (χ1) is 9.10. The van der Waals surface area contributed by atoms with Gasteiger partial charge in [0.15, 0.2) is 0 Å². The molecule has 0 aromatic heterocycles. The fraction of sp³-hybridized carbons (Fsp3) is 0.941. The lowest BCUT2D eigenvalue weighted by molar-refractivity contribution is -0.141. The first kappa shape index (κ1) is 14.9. The quantitative estimate of drug-likeness (QED) is 0.706. The second kappa shape index (κ2) is 6.76. The van der Waals surface area contributed by atoms with E-state index in [1.165, 1.54) is 30.8 Å². The number of carbonyl (C=O) groups is 1. The van der Waals surface area contributed by atoms with Crippen molar-refractivity contribution in [2.24, 2.45) is 29.6 Å². The van der Waals surface area contributed by atoms with E-state index in [0.717, 1.165) is 6.42 Å². The van der Waals surface area contributed by atoms with Gasteiger partial charge in [0.25, 0.3) is 0 Å². The molecular weight excluding hydrogens is 236 g/mol. The van der Waals surface area contributed by atoms with Crippen molar-refractivity contribution >= 4 is 5.97 Å². The topological polar surface area (TPSA) is 26.3 Å². The summed E-state index contributed by atoms with van der Waals surface area (Å²) in [4.78, 5) is 10.6. The van der Waals surface area contributed by atoms with E-state index in [9.17, 15) is 4.79 Å². The Morgan fingerprint density at radius 3 is 1.63 bits per heavy atom. The number of esters is 1. The highest BCUT2D eigenvalue weighted by Gasteiger charge is 2.41. The summed E-state index contributed by atoms with van der Waals surface area (Å²) in [6, 6.07) is 0. The van der Waals surface area contributed by atoms with Crippen LogP contribution in [0.4, 0.5) is 0 Å². The van der Waals surface area contributed by atoms with Gasteiger partial charge < -0.3 is 4.74 Å². The average molecular weight is 266 g/mol. The number of ether oxygens (including phenoxy) is 1. The van der Waals surface area contributed by atoms with Gasteiger partial charge in [-0.1, -0.05) is 20.3 Å². The molecule has 1 atom stereocenters. The number of methoxy groups -OCH3 is 1. The normalized spacial score (nSPS) is 36.4. The SMILES string of the molecule is C1C2CC3CC1CC(C2)C3.CCC(C)CC(=O)OC. The van der Waals surface area contributed by atoms with Gasteiger partial charge in [-0.15, -0.1) is 0 Å². The van der Waals surface area contributed by atoms with Gasteiger partial charge in [-0.3, -0.25) is 4.79 Å². The first-order valence-corrected chi connectivity index (χ1v) is 8.17. The van der Waals surface area contributed by atoms with Gasteiger partial charge in [0.2, 0.25) is 0 Å². The van der Waals surface area contributed by atoms with Crippen molar-refractivity contribution in [1.82, 2.24) is 0 Å². The largest absolute Gasteiger partial charge is 0.469 e. The standard InChI is InChI=1S/C10H16.C7H14O2/c1-7-2-9-4-8(1)5-10(3-7)6-9;1-4-6(2)5-7(8)9-3/h7-10H,1-6H2;6H,4-5H2,1-3H3. The van der Waals surface area contributed by atoms with Crippen molar-refractivity contribution < 1.29 is 9.53 Å². The predicted octanol–water partition coefficient (Wildman–Crippen LogP) is 4.43. The maximum absolute atomic E-state index is 10.6. The van der Waals surface area contributed by atoms with Crippen LogP contribution < -0.4 is 0 Å². The van der Waals surface area contributed by atoms with E-state index in [0.29, 0.717) is 12.3 Å². The molecule has 2 heteroatoms. The van der Waals surface area contributed by atoms with Crippen LogP contribution in [0.3, 0.4) is 0 Å². The fourth-order valence-electron chi connectivity index (χ4n) is 4.50. The van der Waals surface area contributed by atoms with E-state index in [-0.39, 0.29) is 5.97 Å². The second-order valence-corrected chi connectivity index (χ2v) is 7.17. The van der Waals surface area contributed by atoms with Crippen LogP contribution in [0.2, 0.25) is 0 Å². The third-order valence-corrected chi connectivity index (χ3v) is 5.44. The molecule has 0 aromatic carbocycles. The third kappa shape index (κ3) is 4.22. The minimum atomic E-state index is -0.107. The zero-order valence-electron chi connectivity index (χ0n) is 12.9. The fourth-order valence-corrected chi connectivity index (χ4v) is 4.50. The lowest BCUT2D eigenvalue weighted by Gasteiger charge is -2.49. The monoisotopic (exact) mass is 266 g/mol. The summed E-state index contributed by atoms with van der Waals surface area (Å²) in [5.41, 5.74) is 0. The van der Waals surface area contributed by atoms with Gasteiger partial charge in [-0.05, 0) is 68.1 Å². The molecule has 110 valence electrons. The van der Waals surface area contributed by atoms with E-state index in [1.807, 2.05) is 6.92 Å². The molecule has 4 rings (SSSR count). The lowest BCUT2D eigenvalue weighted by Crippen LogP contribution is -2.38. The molecule has 0 aromatic rings. The molecule has 19 heavy (non-hydrogen) atoms. The Kier molecular flexibility index (Phi) is 5.29. The smallest absolute Gasteiger partial charge is 0.305 e. The molecule has 0 radical (unpaired) electrons. The van der Waals surface area contributed by atoms with Crippen molar-refractivity contribution in [2.75, 3.05) is 7.11 Å². The Labute approximate surface area is 118 Å². The van der Waals surface area contributed by atoms with Gasteiger partial charge in [0, 0.05) is 6.42 Å². The zero-order valence-corrected chi connectivity index (χ0v) is 12.9.